The lowest BCUT2D eigenvalue weighted by Crippen LogP contribution is -2.42. The number of aromatic nitrogens is 3. The zero-order chi connectivity index (χ0) is 17.7. The van der Waals surface area contributed by atoms with E-state index >= 15 is 0 Å². The van der Waals surface area contributed by atoms with Gasteiger partial charge in [0.2, 0.25) is 11.8 Å². The molecule has 2 aromatic rings. The number of hydrogen-bond acceptors (Lipinski definition) is 7. The van der Waals surface area contributed by atoms with Crippen LogP contribution in [0, 0.1) is 0 Å². The topological polar surface area (TPSA) is 110 Å². The fraction of sp³-hybridized carbons (Fsp3) is 0.500. The standard InChI is InChI=1S/C16H22N4O4/c1-5-11(18-15(22)24-16(2,3)4)12(21)14-20-19-13(23-14)10-7-6-8-17-9-10/h6-9,11-12,21H,5H2,1-4H3,(H,18,22)/t11?,12-/m0/s1. The van der Waals surface area contributed by atoms with Gasteiger partial charge in [0.25, 0.3) is 0 Å². The van der Waals surface area contributed by atoms with Crippen LogP contribution in [0.25, 0.3) is 11.5 Å². The van der Waals surface area contributed by atoms with E-state index in [0.29, 0.717) is 12.0 Å². The first kappa shape index (κ1) is 17.9. The highest BCUT2D eigenvalue weighted by atomic mass is 16.6. The van der Waals surface area contributed by atoms with Crippen LogP contribution in [-0.2, 0) is 4.74 Å². The lowest BCUT2D eigenvalue weighted by atomic mass is 10.1. The predicted octanol–water partition coefficient (Wildman–Crippen LogP) is 2.47. The quantitative estimate of drug-likeness (QED) is 0.864. The first-order chi connectivity index (χ1) is 11.3. The number of nitrogens with one attached hydrogen (secondary N) is 1. The first-order valence-corrected chi connectivity index (χ1v) is 7.71. The van der Waals surface area contributed by atoms with Gasteiger partial charge in [-0.25, -0.2) is 4.79 Å². The molecular weight excluding hydrogens is 312 g/mol. The summed E-state index contributed by atoms with van der Waals surface area (Å²) in [6.07, 6.45) is 1.93. The molecule has 0 spiro atoms. The van der Waals surface area contributed by atoms with E-state index < -0.39 is 23.8 Å². The minimum Gasteiger partial charge on any atom is -0.444 e. The maximum Gasteiger partial charge on any atom is 0.407 e. The van der Waals surface area contributed by atoms with Crippen LogP contribution in [0.3, 0.4) is 0 Å². The van der Waals surface area contributed by atoms with E-state index in [4.69, 9.17) is 9.15 Å². The van der Waals surface area contributed by atoms with E-state index in [1.165, 1.54) is 0 Å². The Morgan fingerprint density at radius 3 is 2.75 bits per heavy atom. The number of carbonyl (C=O) groups excluding carboxylic acids is 1. The van der Waals surface area contributed by atoms with Crippen molar-refractivity contribution in [3.8, 4) is 11.5 Å². The minimum absolute atomic E-state index is 0.0248. The van der Waals surface area contributed by atoms with Crippen molar-refractivity contribution >= 4 is 6.09 Å². The third-order valence-electron chi connectivity index (χ3n) is 3.13. The molecular formula is C16H22N4O4. The molecule has 0 saturated heterocycles. The van der Waals surface area contributed by atoms with Gasteiger partial charge in [-0.2, -0.15) is 0 Å². The normalized spacial score (nSPS) is 14.0. The van der Waals surface area contributed by atoms with Gasteiger partial charge in [0.05, 0.1) is 11.6 Å². The molecule has 0 aromatic carbocycles. The summed E-state index contributed by atoms with van der Waals surface area (Å²) in [6, 6.07) is 2.91. The number of hydrogen-bond donors (Lipinski definition) is 2. The molecule has 2 atom stereocenters. The molecule has 0 fully saturated rings. The third-order valence-corrected chi connectivity index (χ3v) is 3.13. The van der Waals surface area contributed by atoms with Crippen molar-refractivity contribution in [2.45, 2.75) is 51.9 Å². The van der Waals surface area contributed by atoms with Crippen molar-refractivity contribution in [1.82, 2.24) is 20.5 Å². The Morgan fingerprint density at radius 1 is 1.42 bits per heavy atom. The van der Waals surface area contributed by atoms with Crippen molar-refractivity contribution in [2.75, 3.05) is 0 Å². The van der Waals surface area contributed by atoms with Crippen molar-refractivity contribution in [3.63, 3.8) is 0 Å². The average Bonchev–Trinajstić information content (AvgIpc) is 3.01. The van der Waals surface area contributed by atoms with Crippen LogP contribution in [0.2, 0.25) is 0 Å². The third kappa shape index (κ3) is 4.76. The van der Waals surface area contributed by atoms with E-state index in [0.717, 1.165) is 0 Å². The highest BCUT2D eigenvalue weighted by molar-refractivity contribution is 5.68. The Hall–Kier alpha value is -2.48. The van der Waals surface area contributed by atoms with Crippen molar-refractivity contribution < 1.29 is 19.1 Å². The van der Waals surface area contributed by atoms with Gasteiger partial charge < -0.3 is 19.6 Å². The molecule has 0 radical (unpaired) electrons. The second kappa shape index (κ2) is 7.39. The molecule has 1 unspecified atom stereocenters. The van der Waals surface area contributed by atoms with E-state index in [1.807, 2.05) is 6.92 Å². The summed E-state index contributed by atoms with van der Waals surface area (Å²) >= 11 is 0. The lowest BCUT2D eigenvalue weighted by Gasteiger charge is -2.24. The maximum atomic E-state index is 11.9. The maximum absolute atomic E-state index is 11.9. The van der Waals surface area contributed by atoms with Crippen LogP contribution in [0.5, 0.6) is 0 Å². The number of aliphatic hydroxyl groups is 1. The largest absolute Gasteiger partial charge is 0.444 e. The van der Waals surface area contributed by atoms with Crippen molar-refractivity contribution in [3.05, 3.63) is 30.4 Å². The summed E-state index contributed by atoms with van der Waals surface area (Å²) in [7, 11) is 0. The number of carbonyl (C=O) groups is 1. The van der Waals surface area contributed by atoms with Gasteiger partial charge in [-0.15, -0.1) is 10.2 Å². The Morgan fingerprint density at radius 2 is 2.17 bits per heavy atom. The van der Waals surface area contributed by atoms with Crippen LogP contribution < -0.4 is 5.32 Å². The summed E-state index contributed by atoms with van der Waals surface area (Å²) in [5, 5.41) is 20.8. The molecule has 2 N–H and O–H groups in total. The van der Waals surface area contributed by atoms with Crippen molar-refractivity contribution in [1.29, 1.82) is 0 Å². The molecule has 0 aliphatic rings. The number of ether oxygens (including phenoxy) is 1. The van der Waals surface area contributed by atoms with E-state index in [-0.39, 0.29) is 11.8 Å². The zero-order valence-corrected chi connectivity index (χ0v) is 14.2. The molecule has 8 heteroatoms. The average molecular weight is 334 g/mol. The molecule has 130 valence electrons. The number of nitrogens with zero attached hydrogens (tertiary/aromatic N) is 3. The Bertz CT molecular complexity index is 666. The Labute approximate surface area is 140 Å². The molecule has 0 aliphatic carbocycles. The van der Waals surface area contributed by atoms with Crippen LogP contribution in [0.1, 0.15) is 46.1 Å². The van der Waals surface area contributed by atoms with Gasteiger partial charge in [0.1, 0.15) is 5.60 Å². The summed E-state index contributed by atoms with van der Waals surface area (Å²) in [4.78, 5) is 15.8. The molecule has 0 bridgehead atoms. The lowest BCUT2D eigenvalue weighted by molar-refractivity contribution is 0.0385. The SMILES string of the molecule is CCC(NC(=O)OC(C)(C)C)[C@H](O)c1nnc(-c2cccnc2)o1. The summed E-state index contributed by atoms with van der Waals surface area (Å²) < 4.78 is 10.7. The molecule has 1 amide bonds. The van der Waals surface area contributed by atoms with Gasteiger partial charge in [-0.1, -0.05) is 6.92 Å². The Kier molecular flexibility index (Phi) is 5.50. The second-order valence-corrected chi connectivity index (χ2v) is 6.29. The van der Waals surface area contributed by atoms with Crippen LogP contribution >= 0.6 is 0 Å². The molecule has 0 saturated carbocycles. The molecule has 2 rings (SSSR count). The first-order valence-electron chi connectivity index (χ1n) is 7.71. The zero-order valence-electron chi connectivity index (χ0n) is 14.2. The number of rotatable bonds is 5. The van der Waals surface area contributed by atoms with Gasteiger partial charge in [-0.05, 0) is 39.3 Å². The molecule has 8 nitrogen and oxygen atoms in total. The highest BCUT2D eigenvalue weighted by Crippen LogP contribution is 2.23. The highest BCUT2D eigenvalue weighted by Gasteiger charge is 2.28. The minimum atomic E-state index is -1.14. The van der Waals surface area contributed by atoms with Crippen molar-refractivity contribution in [2.24, 2.45) is 0 Å². The smallest absolute Gasteiger partial charge is 0.407 e. The van der Waals surface area contributed by atoms with Gasteiger partial charge in [0, 0.05) is 12.4 Å². The summed E-state index contributed by atoms with van der Waals surface area (Å²) in [6.45, 7) is 7.12. The number of amides is 1. The van der Waals surface area contributed by atoms with Gasteiger partial charge in [-0.3, -0.25) is 4.98 Å². The second-order valence-electron chi connectivity index (χ2n) is 6.29. The van der Waals surface area contributed by atoms with Gasteiger partial charge >= 0.3 is 6.09 Å². The molecule has 2 aromatic heterocycles. The Balaban J connectivity index is 2.07. The molecule has 24 heavy (non-hydrogen) atoms. The number of alkyl carbamates (subject to hydrolysis) is 1. The molecule has 2 heterocycles. The summed E-state index contributed by atoms with van der Waals surface area (Å²) in [5.74, 6) is 0.279. The van der Waals surface area contributed by atoms with Crippen LogP contribution in [0.4, 0.5) is 4.79 Å². The predicted molar refractivity (Wildman–Crippen MR) is 85.9 cm³/mol. The number of pyridine rings is 1. The van der Waals surface area contributed by atoms with E-state index in [1.54, 1.807) is 45.3 Å². The van der Waals surface area contributed by atoms with Gasteiger partial charge in [0.15, 0.2) is 6.10 Å². The van der Waals surface area contributed by atoms with E-state index in [2.05, 4.69) is 20.5 Å². The number of aliphatic hydroxyl groups excluding tert-OH is 1. The van der Waals surface area contributed by atoms with Crippen LogP contribution in [0.15, 0.2) is 28.9 Å². The summed E-state index contributed by atoms with van der Waals surface area (Å²) in [5.41, 5.74) is 0.0299. The van der Waals surface area contributed by atoms with E-state index in [9.17, 15) is 9.90 Å². The fourth-order valence-electron chi connectivity index (χ4n) is 2.00. The monoisotopic (exact) mass is 334 g/mol. The van der Waals surface area contributed by atoms with Crippen LogP contribution in [-0.4, -0.2) is 38.0 Å². The molecule has 0 aliphatic heterocycles. The fourth-order valence-corrected chi connectivity index (χ4v) is 2.00.